The lowest BCUT2D eigenvalue weighted by Crippen LogP contribution is -2.48. The Morgan fingerprint density at radius 1 is 1.15 bits per heavy atom. The van der Waals surface area contributed by atoms with Crippen molar-refractivity contribution in [3.63, 3.8) is 0 Å². The third-order valence-electron chi connectivity index (χ3n) is 4.97. The van der Waals surface area contributed by atoms with Crippen molar-refractivity contribution in [2.24, 2.45) is 5.92 Å². The summed E-state index contributed by atoms with van der Waals surface area (Å²) < 4.78 is 1.80. The number of carbonyl (C=O) groups excluding carboxylic acids is 2. The van der Waals surface area contributed by atoms with Crippen LogP contribution in [0, 0.1) is 5.92 Å². The predicted octanol–water partition coefficient (Wildman–Crippen LogP) is 1.71. The topological polar surface area (TPSA) is 96.2 Å². The molecule has 1 aromatic carbocycles. The van der Waals surface area contributed by atoms with Crippen molar-refractivity contribution in [3.05, 3.63) is 36.4 Å². The SMILES string of the molecule is O=C(Nc1cc(-c2ccccc2)nn1C1CC1)C(=O)NC1CC(CO)C1. The Morgan fingerprint density at radius 2 is 1.88 bits per heavy atom. The van der Waals surface area contributed by atoms with Gasteiger partial charge in [0.25, 0.3) is 0 Å². The fraction of sp³-hybridized carbons (Fsp3) is 0.421. The Kier molecular flexibility index (Phi) is 4.46. The third-order valence-corrected chi connectivity index (χ3v) is 4.97. The normalized spacial score (nSPS) is 21.7. The lowest BCUT2D eigenvalue weighted by atomic mass is 9.81. The fourth-order valence-corrected chi connectivity index (χ4v) is 3.26. The number of amides is 2. The number of hydrogen-bond acceptors (Lipinski definition) is 4. The van der Waals surface area contributed by atoms with Gasteiger partial charge in [-0.2, -0.15) is 5.10 Å². The van der Waals surface area contributed by atoms with E-state index in [0.717, 1.165) is 24.1 Å². The molecule has 1 aromatic heterocycles. The van der Waals surface area contributed by atoms with Gasteiger partial charge >= 0.3 is 11.8 Å². The van der Waals surface area contributed by atoms with Gasteiger partial charge in [0.15, 0.2) is 0 Å². The van der Waals surface area contributed by atoms with Gasteiger partial charge in [-0.05, 0) is 31.6 Å². The van der Waals surface area contributed by atoms with E-state index in [1.807, 2.05) is 36.4 Å². The number of benzene rings is 1. The van der Waals surface area contributed by atoms with Crippen LogP contribution in [0.25, 0.3) is 11.3 Å². The molecule has 0 aliphatic heterocycles. The zero-order chi connectivity index (χ0) is 18.1. The molecule has 2 aliphatic rings. The highest BCUT2D eigenvalue weighted by Crippen LogP contribution is 2.38. The molecule has 2 fully saturated rings. The Bertz CT molecular complexity index is 807. The molecule has 7 heteroatoms. The standard InChI is InChI=1S/C19H22N4O3/c24-11-12-8-14(9-12)20-18(25)19(26)21-17-10-16(13-4-2-1-3-5-13)22-23(17)15-6-7-15/h1-5,10,12,14-15,24H,6-9,11H2,(H,20,25)(H,21,26). The molecular weight excluding hydrogens is 332 g/mol. The van der Waals surface area contributed by atoms with Gasteiger partial charge in [-0.3, -0.25) is 9.59 Å². The van der Waals surface area contributed by atoms with Crippen molar-refractivity contribution >= 4 is 17.6 Å². The number of aromatic nitrogens is 2. The number of hydrogen-bond donors (Lipinski definition) is 3. The van der Waals surface area contributed by atoms with Gasteiger partial charge in [0.1, 0.15) is 5.82 Å². The molecule has 0 unspecified atom stereocenters. The number of rotatable bonds is 5. The average molecular weight is 354 g/mol. The van der Waals surface area contributed by atoms with Crippen molar-refractivity contribution in [1.29, 1.82) is 0 Å². The number of carbonyl (C=O) groups is 2. The summed E-state index contributed by atoms with van der Waals surface area (Å²) in [6, 6.07) is 11.8. The maximum absolute atomic E-state index is 12.3. The molecule has 3 N–H and O–H groups in total. The van der Waals surface area contributed by atoms with Crippen molar-refractivity contribution in [1.82, 2.24) is 15.1 Å². The second kappa shape index (κ2) is 6.92. The van der Waals surface area contributed by atoms with Crippen LogP contribution >= 0.6 is 0 Å². The average Bonchev–Trinajstić information content (AvgIpc) is 3.39. The minimum Gasteiger partial charge on any atom is -0.396 e. The third kappa shape index (κ3) is 3.48. The van der Waals surface area contributed by atoms with Gasteiger partial charge in [0.2, 0.25) is 0 Å². The molecule has 2 aromatic rings. The highest BCUT2D eigenvalue weighted by Gasteiger charge is 2.32. The van der Waals surface area contributed by atoms with Crippen LogP contribution in [0.3, 0.4) is 0 Å². The minimum absolute atomic E-state index is 0.0291. The number of aliphatic hydroxyl groups excluding tert-OH is 1. The van der Waals surface area contributed by atoms with Crippen LogP contribution in [0.2, 0.25) is 0 Å². The number of nitrogens with one attached hydrogen (secondary N) is 2. The van der Waals surface area contributed by atoms with Crippen LogP contribution in [-0.4, -0.2) is 39.4 Å². The van der Waals surface area contributed by atoms with Crippen LogP contribution in [0.1, 0.15) is 31.7 Å². The van der Waals surface area contributed by atoms with Crippen LogP contribution in [0.15, 0.2) is 36.4 Å². The monoisotopic (exact) mass is 354 g/mol. The van der Waals surface area contributed by atoms with Gasteiger partial charge in [-0.1, -0.05) is 30.3 Å². The zero-order valence-electron chi connectivity index (χ0n) is 14.4. The van der Waals surface area contributed by atoms with E-state index in [0.29, 0.717) is 18.7 Å². The van der Waals surface area contributed by atoms with E-state index in [4.69, 9.17) is 5.11 Å². The van der Waals surface area contributed by atoms with E-state index in [-0.39, 0.29) is 24.6 Å². The molecule has 4 rings (SSSR count). The number of aliphatic hydroxyl groups is 1. The first-order valence-electron chi connectivity index (χ1n) is 9.01. The maximum atomic E-state index is 12.3. The van der Waals surface area contributed by atoms with Crippen molar-refractivity contribution in [2.45, 2.75) is 37.8 Å². The van der Waals surface area contributed by atoms with Crippen LogP contribution in [0.5, 0.6) is 0 Å². The van der Waals surface area contributed by atoms with Gasteiger partial charge in [0, 0.05) is 24.3 Å². The molecule has 7 nitrogen and oxygen atoms in total. The second-order valence-electron chi connectivity index (χ2n) is 7.10. The van der Waals surface area contributed by atoms with E-state index >= 15 is 0 Å². The molecule has 0 atom stereocenters. The summed E-state index contributed by atoms with van der Waals surface area (Å²) in [5.74, 6) is -0.545. The Morgan fingerprint density at radius 3 is 2.54 bits per heavy atom. The van der Waals surface area contributed by atoms with E-state index < -0.39 is 11.8 Å². The molecule has 136 valence electrons. The highest BCUT2D eigenvalue weighted by atomic mass is 16.3. The summed E-state index contributed by atoms with van der Waals surface area (Å²) in [5.41, 5.74) is 1.74. The van der Waals surface area contributed by atoms with Crippen molar-refractivity contribution in [2.75, 3.05) is 11.9 Å². The zero-order valence-corrected chi connectivity index (χ0v) is 14.4. The van der Waals surface area contributed by atoms with Crippen LogP contribution < -0.4 is 10.6 Å². The molecule has 2 aliphatic carbocycles. The Balaban J connectivity index is 1.44. The first-order valence-corrected chi connectivity index (χ1v) is 9.01. The van der Waals surface area contributed by atoms with Gasteiger partial charge in [0.05, 0.1) is 11.7 Å². The molecular formula is C19H22N4O3. The first kappa shape index (κ1) is 16.8. The summed E-state index contributed by atoms with van der Waals surface area (Å²) in [6.07, 6.45) is 3.48. The summed E-state index contributed by atoms with van der Waals surface area (Å²) in [4.78, 5) is 24.4. The van der Waals surface area contributed by atoms with Gasteiger partial charge in [-0.15, -0.1) is 0 Å². The largest absolute Gasteiger partial charge is 0.396 e. The second-order valence-corrected chi connectivity index (χ2v) is 7.10. The van der Waals surface area contributed by atoms with Gasteiger partial charge in [-0.25, -0.2) is 4.68 Å². The predicted molar refractivity (Wildman–Crippen MR) is 96.3 cm³/mol. The smallest absolute Gasteiger partial charge is 0.314 e. The van der Waals surface area contributed by atoms with Crippen LogP contribution in [0.4, 0.5) is 5.82 Å². The van der Waals surface area contributed by atoms with E-state index in [9.17, 15) is 9.59 Å². The highest BCUT2D eigenvalue weighted by molar-refractivity contribution is 6.39. The van der Waals surface area contributed by atoms with E-state index in [1.165, 1.54) is 0 Å². The first-order chi connectivity index (χ1) is 12.6. The quantitative estimate of drug-likeness (QED) is 0.712. The number of anilines is 1. The Labute approximate surface area is 151 Å². The summed E-state index contributed by atoms with van der Waals surface area (Å²) in [7, 11) is 0. The lowest BCUT2D eigenvalue weighted by molar-refractivity contribution is -0.137. The summed E-state index contributed by atoms with van der Waals surface area (Å²) in [6.45, 7) is 0.126. The molecule has 0 spiro atoms. The Hall–Kier alpha value is -2.67. The summed E-state index contributed by atoms with van der Waals surface area (Å²) in [5, 5.41) is 19.0. The van der Waals surface area contributed by atoms with Gasteiger partial charge < -0.3 is 15.7 Å². The van der Waals surface area contributed by atoms with Crippen LogP contribution in [-0.2, 0) is 9.59 Å². The lowest BCUT2D eigenvalue weighted by Gasteiger charge is -2.34. The van der Waals surface area contributed by atoms with E-state index in [1.54, 1.807) is 4.68 Å². The molecule has 0 radical (unpaired) electrons. The summed E-state index contributed by atoms with van der Waals surface area (Å²) >= 11 is 0. The fourth-order valence-electron chi connectivity index (χ4n) is 3.26. The maximum Gasteiger partial charge on any atom is 0.314 e. The van der Waals surface area contributed by atoms with E-state index in [2.05, 4.69) is 15.7 Å². The van der Waals surface area contributed by atoms with Crippen molar-refractivity contribution < 1.29 is 14.7 Å². The minimum atomic E-state index is -0.682. The molecule has 0 bridgehead atoms. The van der Waals surface area contributed by atoms with Crippen molar-refractivity contribution in [3.8, 4) is 11.3 Å². The molecule has 1 heterocycles. The number of nitrogens with zero attached hydrogens (tertiary/aromatic N) is 2. The molecule has 0 saturated heterocycles. The molecule has 2 saturated carbocycles. The molecule has 26 heavy (non-hydrogen) atoms. The molecule has 2 amide bonds.